The Labute approximate surface area is 89.8 Å². The van der Waals surface area contributed by atoms with Gasteiger partial charge in [0, 0.05) is 11.1 Å². The van der Waals surface area contributed by atoms with Crippen molar-refractivity contribution in [1.82, 2.24) is 0 Å². The van der Waals surface area contributed by atoms with Gasteiger partial charge in [-0.1, -0.05) is 36.4 Å². The van der Waals surface area contributed by atoms with Crippen LogP contribution in [0.15, 0.2) is 48.5 Å². The van der Waals surface area contributed by atoms with Gasteiger partial charge in [0.1, 0.15) is 11.4 Å². The SMILES string of the molecule is c1ccc2c(c1)CCc1ccccc1[NH2+]2. The first-order valence-electron chi connectivity index (χ1n) is 5.44. The van der Waals surface area contributed by atoms with Gasteiger partial charge in [0.05, 0.1) is 0 Å². The van der Waals surface area contributed by atoms with Gasteiger partial charge in [0.15, 0.2) is 0 Å². The van der Waals surface area contributed by atoms with Gasteiger partial charge in [-0.15, -0.1) is 0 Å². The lowest BCUT2D eigenvalue weighted by molar-refractivity contribution is -0.479. The van der Waals surface area contributed by atoms with Gasteiger partial charge >= 0.3 is 0 Å². The summed E-state index contributed by atoms with van der Waals surface area (Å²) in [5.74, 6) is 0. The first-order valence-corrected chi connectivity index (χ1v) is 5.44. The first-order chi connectivity index (χ1) is 7.43. The molecule has 1 heteroatoms. The number of quaternary nitrogens is 1. The van der Waals surface area contributed by atoms with Crippen LogP contribution in [0, 0.1) is 0 Å². The monoisotopic (exact) mass is 196 g/mol. The highest BCUT2D eigenvalue weighted by atomic mass is 14.9. The zero-order valence-corrected chi connectivity index (χ0v) is 8.61. The molecule has 3 rings (SSSR count). The molecule has 1 aliphatic rings. The van der Waals surface area contributed by atoms with Crippen LogP contribution in [0.3, 0.4) is 0 Å². The predicted molar refractivity (Wildman–Crippen MR) is 61.5 cm³/mol. The molecule has 2 aromatic rings. The zero-order chi connectivity index (χ0) is 10.1. The minimum Gasteiger partial charge on any atom is -0.281 e. The summed E-state index contributed by atoms with van der Waals surface area (Å²) in [6, 6.07) is 17.4. The number of rotatable bonds is 0. The van der Waals surface area contributed by atoms with Crippen molar-refractivity contribution in [3.8, 4) is 0 Å². The zero-order valence-electron chi connectivity index (χ0n) is 8.61. The highest BCUT2D eigenvalue weighted by molar-refractivity contribution is 5.49. The van der Waals surface area contributed by atoms with Crippen molar-refractivity contribution in [2.75, 3.05) is 0 Å². The highest BCUT2D eigenvalue weighted by Gasteiger charge is 2.15. The van der Waals surface area contributed by atoms with Gasteiger partial charge in [-0.2, -0.15) is 0 Å². The third kappa shape index (κ3) is 1.55. The smallest absolute Gasteiger partial charge is 0.137 e. The van der Waals surface area contributed by atoms with E-state index in [1.807, 2.05) is 0 Å². The van der Waals surface area contributed by atoms with Crippen molar-refractivity contribution in [3.05, 3.63) is 59.7 Å². The van der Waals surface area contributed by atoms with Crippen LogP contribution in [0.25, 0.3) is 0 Å². The molecular formula is C14H14N+. The largest absolute Gasteiger partial charge is 0.281 e. The van der Waals surface area contributed by atoms with Crippen LogP contribution in [-0.4, -0.2) is 0 Å². The Balaban J connectivity index is 2.10. The molecule has 0 amide bonds. The van der Waals surface area contributed by atoms with Crippen molar-refractivity contribution in [2.45, 2.75) is 12.8 Å². The van der Waals surface area contributed by atoms with E-state index in [2.05, 4.69) is 53.8 Å². The molecule has 0 radical (unpaired) electrons. The maximum Gasteiger partial charge on any atom is 0.137 e. The van der Waals surface area contributed by atoms with E-state index in [9.17, 15) is 0 Å². The summed E-state index contributed by atoms with van der Waals surface area (Å²) < 4.78 is 0. The Morgan fingerprint density at radius 3 is 1.67 bits per heavy atom. The molecule has 74 valence electrons. The molecule has 0 fully saturated rings. The van der Waals surface area contributed by atoms with E-state index in [1.54, 1.807) is 0 Å². The summed E-state index contributed by atoms with van der Waals surface area (Å²) in [4.78, 5) is 0. The average Bonchev–Trinajstić information content (AvgIpc) is 2.48. The number of aryl methyl sites for hydroxylation is 2. The lowest BCUT2D eigenvalue weighted by Crippen LogP contribution is -2.71. The highest BCUT2D eigenvalue weighted by Crippen LogP contribution is 2.21. The van der Waals surface area contributed by atoms with Gasteiger partial charge in [0.2, 0.25) is 0 Å². The van der Waals surface area contributed by atoms with E-state index < -0.39 is 0 Å². The molecule has 0 atom stereocenters. The molecule has 0 saturated heterocycles. The maximum atomic E-state index is 2.30. The summed E-state index contributed by atoms with van der Waals surface area (Å²) in [7, 11) is 0. The predicted octanol–water partition coefficient (Wildman–Crippen LogP) is 2.31. The Kier molecular flexibility index (Phi) is 2.04. The van der Waals surface area contributed by atoms with Gasteiger partial charge in [0.25, 0.3) is 0 Å². The molecule has 0 saturated carbocycles. The molecule has 1 nitrogen and oxygen atoms in total. The Bertz CT molecular complexity index is 443. The topological polar surface area (TPSA) is 16.6 Å². The second kappa shape index (κ2) is 3.52. The second-order valence-corrected chi connectivity index (χ2v) is 4.04. The molecule has 0 aromatic heterocycles. The molecule has 0 spiro atoms. The summed E-state index contributed by atoms with van der Waals surface area (Å²) >= 11 is 0. The molecule has 0 bridgehead atoms. The molecule has 15 heavy (non-hydrogen) atoms. The molecule has 1 heterocycles. The van der Waals surface area contributed by atoms with Gasteiger partial charge in [-0.3, -0.25) is 5.32 Å². The quantitative estimate of drug-likeness (QED) is 0.623. The van der Waals surface area contributed by atoms with Crippen LogP contribution in [0.2, 0.25) is 0 Å². The summed E-state index contributed by atoms with van der Waals surface area (Å²) in [5, 5.41) is 2.30. The minimum atomic E-state index is 1.16. The lowest BCUT2D eigenvalue weighted by atomic mass is 10.0. The third-order valence-electron chi connectivity index (χ3n) is 3.08. The molecule has 0 unspecified atom stereocenters. The second-order valence-electron chi connectivity index (χ2n) is 4.04. The molecule has 2 aromatic carbocycles. The lowest BCUT2D eigenvalue weighted by Gasteiger charge is -2.02. The fourth-order valence-corrected chi connectivity index (χ4v) is 2.24. The van der Waals surface area contributed by atoms with Gasteiger partial charge < -0.3 is 0 Å². The number of fused-ring (bicyclic) bond motifs is 2. The van der Waals surface area contributed by atoms with Crippen molar-refractivity contribution in [3.63, 3.8) is 0 Å². The number of para-hydroxylation sites is 2. The van der Waals surface area contributed by atoms with Crippen LogP contribution in [0.4, 0.5) is 11.4 Å². The third-order valence-corrected chi connectivity index (χ3v) is 3.08. The molecular weight excluding hydrogens is 182 g/mol. The molecule has 1 aliphatic heterocycles. The summed E-state index contributed by atoms with van der Waals surface area (Å²) in [5.41, 5.74) is 5.69. The van der Waals surface area contributed by atoms with Crippen LogP contribution in [-0.2, 0) is 12.8 Å². The maximum absolute atomic E-state index is 2.30. The number of benzene rings is 2. The summed E-state index contributed by atoms with van der Waals surface area (Å²) in [6.45, 7) is 0. The van der Waals surface area contributed by atoms with E-state index >= 15 is 0 Å². The van der Waals surface area contributed by atoms with Crippen molar-refractivity contribution >= 4 is 11.4 Å². The Morgan fingerprint density at radius 2 is 1.13 bits per heavy atom. The number of hydrogen-bond donors (Lipinski definition) is 1. The molecule has 0 aliphatic carbocycles. The van der Waals surface area contributed by atoms with Gasteiger partial charge in [-0.05, 0) is 25.0 Å². The van der Waals surface area contributed by atoms with Gasteiger partial charge in [-0.25, -0.2) is 0 Å². The van der Waals surface area contributed by atoms with E-state index in [0.29, 0.717) is 0 Å². The average molecular weight is 196 g/mol. The van der Waals surface area contributed by atoms with Crippen molar-refractivity contribution in [1.29, 1.82) is 0 Å². The van der Waals surface area contributed by atoms with E-state index in [0.717, 1.165) is 12.8 Å². The van der Waals surface area contributed by atoms with Crippen LogP contribution < -0.4 is 5.32 Å². The number of nitrogens with two attached hydrogens (primary N) is 1. The normalized spacial score (nSPS) is 13.9. The fraction of sp³-hybridized carbons (Fsp3) is 0.143. The fourth-order valence-electron chi connectivity index (χ4n) is 2.24. The van der Waals surface area contributed by atoms with Crippen molar-refractivity contribution in [2.24, 2.45) is 0 Å². The minimum absolute atomic E-state index is 1.16. The first kappa shape index (κ1) is 8.69. The Hall–Kier alpha value is -1.60. The van der Waals surface area contributed by atoms with E-state index in [-0.39, 0.29) is 0 Å². The van der Waals surface area contributed by atoms with Crippen LogP contribution in [0.5, 0.6) is 0 Å². The van der Waals surface area contributed by atoms with Crippen molar-refractivity contribution < 1.29 is 5.32 Å². The Morgan fingerprint density at radius 1 is 0.667 bits per heavy atom. The molecule has 2 N–H and O–H groups in total. The van der Waals surface area contributed by atoms with E-state index in [1.165, 1.54) is 22.5 Å². The number of hydrogen-bond acceptors (Lipinski definition) is 0. The summed E-state index contributed by atoms with van der Waals surface area (Å²) in [6.07, 6.45) is 2.31. The van der Waals surface area contributed by atoms with Crippen LogP contribution in [0.1, 0.15) is 11.1 Å². The van der Waals surface area contributed by atoms with Crippen LogP contribution >= 0.6 is 0 Å². The van der Waals surface area contributed by atoms with E-state index in [4.69, 9.17) is 0 Å². The standard InChI is InChI=1S/C14H13N/c1-3-7-13-11(5-1)9-10-12-6-2-4-8-14(12)15-13/h1-8,15H,9-10H2/p+1.